The lowest BCUT2D eigenvalue weighted by Crippen LogP contribution is -2.30. The van der Waals surface area contributed by atoms with Gasteiger partial charge < -0.3 is 20.1 Å². The Balaban J connectivity index is 1.71. The lowest BCUT2D eigenvalue weighted by atomic mass is 10.2. The number of carbonyl (C=O) groups excluding carboxylic acids is 2. The predicted octanol–water partition coefficient (Wildman–Crippen LogP) is 3.37. The Kier molecular flexibility index (Phi) is 6.83. The summed E-state index contributed by atoms with van der Waals surface area (Å²) < 4.78 is 10.3. The van der Waals surface area contributed by atoms with E-state index in [4.69, 9.17) is 4.74 Å². The molecular weight excluding hydrogens is 320 g/mol. The molecule has 0 heterocycles. The molecule has 0 aromatic heterocycles. The smallest absolute Gasteiger partial charge is 0.337 e. The summed E-state index contributed by atoms with van der Waals surface area (Å²) in [6.45, 7) is 2.99. The fourth-order valence-corrected chi connectivity index (χ4v) is 2.19. The van der Waals surface area contributed by atoms with Crippen LogP contribution in [-0.4, -0.2) is 32.3 Å². The van der Waals surface area contributed by atoms with Crippen LogP contribution in [0.1, 0.15) is 22.3 Å². The Morgan fingerprint density at radius 2 is 1.88 bits per heavy atom. The van der Waals surface area contributed by atoms with Crippen molar-refractivity contribution in [2.75, 3.05) is 25.6 Å². The van der Waals surface area contributed by atoms with Crippen molar-refractivity contribution in [2.24, 2.45) is 0 Å². The third-order valence-corrected chi connectivity index (χ3v) is 3.50. The van der Waals surface area contributed by atoms with Gasteiger partial charge in [0.1, 0.15) is 5.75 Å². The second-order valence-electron chi connectivity index (χ2n) is 5.42. The lowest BCUT2D eigenvalue weighted by molar-refractivity contribution is 0.0600. The molecule has 132 valence electrons. The van der Waals surface area contributed by atoms with E-state index in [1.54, 1.807) is 24.3 Å². The number of benzene rings is 2. The van der Waals surface area contributed by atoms with Crippen LogP contribution < -0.4 is 15.4 Å². The summed E-state index contributed by atoms with van der Waals surface area (Å²) >= 11 is 0. The number of esters is 1. The number of hydrogen-bond donors (Lipinski definition) is 2. The molecule has 0 unspecified atom stereocenters. The molecule has 2 rings (SSSR count). The lowest BCUT2D eigenvalue weighted by Gasteiger charge is -2.10. The first-order valence-electron chi connectivity index (χ1n) is 8.02. The number of anilines is 1. The van der Waals surface area contributed by atoms with Gasteiger partial charge in [-0.2, -0.15) is 0 Å². The van der Waals surface area contributed by atoms with Crippen LogP contribution in [0.25, 0.3) is 0 Å². The fraction of sp³-hybridized carbons (Fsp3) is 0.263. The highest BCUT2D eigenvalue weighted by Gasteiger charge is 2.07. The number of amides is 2. The molecule has 2 aromatic rings. The number of ether oxygens (including phenoxy) is 2. The molecule has 0 atom stereocenters. The predicted molar refractivity (Wildman–Crippen MR) is 96.1 cm³/mol. The maximum absolute atomic E-state index is 11.9. The van der Waals surface area contributed by atoms with Crippen molar-refractivity contribution in [1.82, 2.24) is 5.32 Å². The third kappa shape index (κ3) is 5.84. The van der Waals surface area contributed by atoms with Crippen molar-refractivity contribution in [3.63, 3.8) is 0 Å². The fourth-order valence-electron chi connectivity index (χ4n) is 2.19. The summed E-state index contributed by atoms with van der Waals surface area (Å²) in [5.74, 6) is 0.406. The van der Waals surface area contributed by atoms with Gasteiger partial charge in [0, 0.05) is 12.2 Å². The van der Waals surface area contributed by atoms with Crippen molar-refractivity contribution in [1.29, 1.82) is 0 Å². The van der Waals surface area contributed by atoms with Gasteiger partial charge in [0.15, 0.2) is 0 Å². The number of hydrogen-bond acceptors (Lipinski definition) is 4. The summed E-state index contributed by atoms with van der Waals surface area (Å²) in [6.07, 6.45) is 0.684. The summed E-state index contributed by atoms with van der Waals surface area (Å²) in [5, 5.41) is 5.43. The number of urea groups is 1. The van der Waals surface area contributed by atoms with Crippen molar-refractivity contribution in [2.45, 2.75) is 13.3 Å². The van der Waals surface area contributed by atoms with E-state index in [2.05, 4.69) is 15.4 Å². The quantitative estimate of drug-likeness (QED) is 0.597. The van der Waals surface area contributed by atoms with E-state index in [0.717, 1.165) is 11.3 Å². The Hall–Kier alpha value is -3.02. The average molecular weight is 342 g/mol. The minimum absolute atomic E-state index is 0.335. The highest BCUT2D eigenvalue weighted by Crippen LogP contribution is 2.16. The van der Waals surface area contributed by atoms with Gasteiger partial charge in [0.2, 0.25) is 0 Å². The van der Waals surface area contributed by atoms with Gasteiger partial charge in [0.25, 0.3) is 0 Å². The molecule has 0 aliphatic rings. The molecule has 0 saturated heterocycles. The second-order valence-corrected chi connectivity index (χ2v) is 5.42. The zero-order chi connectivity index (χ0) is 18.1. The summed E-state index contributed by atoms with van der Waals surface area (Å²) in [4.78, 5) is 23.3. The molecule has 2 amide bonds. The Bertz CT molecular complexity index is 731. The number of rotatable bonds is 7. The molecule has 0 bridgehead atoms. The van der Waals surface area contributed by atoms with Gasteiger partial charge in [-0.25, -0.2) is 9.59 Å². The van der Waals surface area contributed by atoms with E-state index in [-0.39, 0.29) is 6.03 Å². The largest absolute Gasteiger partial charge is 0.493 e. The molecule has 0 aliphatic heterocycles. The molecule has 2 aromatic carbocycles. The van der Waals surface area contributed by atoms with E-state index in [1.165, 1.54) is 7.11 Å². The van der Waals surface area contributed by atoms with Gasteiger partial charge in [-0.3, -0.25) is 0 Å². The van der Waals surface area contributed by atoms with Crippen LogP contribution in [0.15, 0.2) is 48.5 Å². The standard InChI is InChI=1S/C19H22N2O4/c1-14-7-3-4-10-17(14)25-12-6-11-20-19(23)21-16-9-5-8-15(13-16)18(22)24-2/h3-5,7-10,13H,6,11-12H2,1-2H3,(H2,20,21,23). The van der Waals surface area contributed by atoms with Gasteiger partial charge >= 0.3 is 12.0 Å². The zero-order valence-corrected chi connectivity index (χ0v) is 14.4. The average Bonchev–Trinajstić information content (AvgIpc) is 2.62. The molecule has 0 saturated carbocycles. The molecule has 0 radical (unpaired) electrons. The molecular formula is C19H22N2O4. The number of nitrogens with one attached hydrogen (secondary N) is 2. The van der Waals surface area contributed by atoms with Crippen molar-refractivity contribution in [3.05, 3.63) is 59.7 Å². The van der Waals surface area contributed by atoms with Crippen LogP contribution in [0, 0.1) is 6.92 Å². The van der Waals surface area contributed by atoms with Gasteiger partial charge in [-0.15, -0.1) is 0 Å². The second kappa shape index (κ2) is 9.32. The van der Waals surface area contributed by atoms with Crippen molar-refractivity contribution in [3.8, 4) is 5.75 Å². The molecule has 2 N–H and O–H groups in total. The SMILES string of the molecule is COC(=O)c1cccc(NC(=O)NCCCOc2ccccc2C)c1. The van der Waals surface area contributed by atoms with E-state index in [1.807, 2.05) is 31.2 Å². The van der Waals surface area contributed by atoms with E-state index < -0.39 is 5.97 Å². The van der Waals surface area contributed by atoms with E-state index in [9.17, 15) is 9.59 Å². The van der Waals surface area contributed by atoms with Crippen LogP contribution in [-0.2, 0) is 4.74 Å². The van der Waals surface area contributed by atoms with Crippen LogP contribution in [0.4, 0.5) is 10.5 Å². The first kappa shape index (κ1) is 18.3. The minimum Gasteiger partial charge on any atom is -0.493 e. The Morgan fingerprint density at radius 1 is 1.08 bits per heavy atom. The van der Waals surface area contributed by atoms with Gasteiger partial charge in [-0.05, 0) is 43.2 Å². The molecule has 6 heteroatoms. The number of aryl methyl sites for hydroxylation is 1. The summed E-state index contributed by atoms with van der Waals surface area (Å²) in [7, 11) is 1.31. The normalized spacial score (nSPS) is 10.0. The summed E-state index contributed by atoms with van der Waals surface area (Å²) in [5.41, 5.74) is 1.99. The first-order chi connectivity index (χ1) is 12.1. The van der Waals surface area contributed by atoms with Crippen molar-refractivity contribution >= 4 is 17.7 Å². The van der Waals surface area contributed by atoms with E-state index >= 15 is 0 Å². The highest BCUT2D eigenvalue weighted by atomic mass is 16.5. The molecule has 0 spiro atoms. The third-order valence-electron chi connectivity index (χ3n) is 3.50. The number of methoxy groups -OCH3 is 1. The first-order valence-corrected chi connectivity index (χ1v) is 8.02. The maximum atomic E-state index is 11.9. The molecule has 0 fully saturated rings. The number of para-hydroxylation sites is 1. The van der Waals surface area contributed by atoms with Crippen LogP contribution >= 0.6 is 0 Å². The molecule has 25 heavy (non-hydrogen) atoms. The van der Waals surface area contributed by atoms with Crippen molar-refractivity contribution < 1.29 is 19.1 Å². The van der Waals surface area contributed by atoms with Gasteiger partial charge in [-0.1, -0.05) is 24.3 Å². The Morgan fingerprint density at radius 3 is 2.64 bits per heavy atom. The highest BCUT2D eigenvalue weighted by molar-refractivity contribution is 5.93. The zero-order valence-electron chi connectivity index (χ0n) is 14.4. The topological polar surface area (TPSA) is 76.7 Å². The molecule has 0 aliphatic carbocycles. The number of carbonyl (C=O) groups is 2. The van der Waals surface area contributed by atoms with E-state index in [0.29, 0.717) is 30.8 Å². The van der Waals surface area contributed by atoms with Crippen LogP contribution in [0.5, 0.6) is 5.75 Å². The maximum Gasteiger partial charge on any atom is 0.337 e. The summed E-state index contributed by atoms with van der Waals surface area (Å²) in [6, 6.07) is 14.0. The minimum atomic E-state index is -0.447. The van der Waals surface area contributed by atoms with Gasteiger partial charge in [0.05, 0.1) is 19.3 Å². The van der Waals surface area contributed by atoms with Crippen LogP contribution in [0.3, 0.4) is 0 Å². The van der Waals surface area contributed by atoms with Crippen LogP contribution in [0.2, 0.25) is 0 Å². The Labute approximate surface area is 147 Å². The molecule has 6 nitrogen and oxygen atoms in total. The monoisotopic (exact) mass is 342 g/mol.